The smallest absolute Gasteiger partial charge is 0.268 e. The van der Waals surface area contributed by atoms with Crippen LogP contribution in [0.1, 0.15) is 16.7 Å². The number of ether oxygens (including phenoxy) is 2. The minimum absolute atomic E-state index is 0.0403. The SMILES string of the molecule is Cc1ccc(C)c(OCCOc2ccc(/C=C(/C#N)C(=O)Nc3nc(S(C)(=O)=O)ns3)cc2Cl)c1. The van der Waals surface area contributed by atoms with E-state index in [1.54, 1.807) is 24.3 Å². The number of sulfone groups is 1. The van der Waals surface area contributed by atoms with Crippen molar-refractivity contribution in [3.05, 3.63) is 63.7 Å². The molecule has 1 N–H and O–H groups in total. The Labute approximate surface area is 212 Å². The Kier molecular flexibility index (Phi) is 8.45. The summed E-state index contributed by atoms with van der Waals surface area (Å²) < 4.78 is 38.1. The zero-order valence-corrected chi connectivity index (χ0v) is 21.4. The van der Waals surface area contributed by atoms with Crippen molar-refractivity contribution >= 4 is 50.1 Å². The van der Waals surface area contributed by atoms with Crippen molar-refractivity contribution in [1.29, 1.82) is 5.26 Å². The van der Waals surface area contributed by atoms with Gasteiger partial charge in [-0.05, 0) is 54.8 Å². The van der Waals surface area contributed by atoms with Crippen molar-refractivity contribution < 1.29 is 22.7 Å². The van der Waals surface area contributed by atoms with Gasteiger partial charge in [0, 0.05) is 17.8 Å². The normalized spacial score (nSPS) is 11.6. The number of carbonyl (C=O) groups is 1. The summed E-state index contributed by atoms with van der Waals surface area (Å²) in [6.07, 6.45) is 2.30. The molecule has 182 valence electrons. The minimum atomic E-state index is -3.60. The lowest BCUT2D eigenvalue weighted by molar-refractivity contribution is -0.112. The van der Waals surface area contributed by atoms with E-state index in [-0.39, 0.29) is 17.3 Å². The van der Waals surface area contributed by atoms with Crippen LogP contribution in [0.5, 0.6) is 11.5 Å². The Hall–Kier alpha value is -3.46. The van der Waals surface area contributed by atoms with E-state index in [0.29, 0.717) is 34.5 Å². The van der Waals surface area contributed by atoms with Gasteiger partial charge in [0.15, 0.2) is 0 Å². The van der Waals surface area contributed by atoms with Crippen molar-refractivity contribution in [2.24, 2.45) is 0 Å². The van der Waals surface area contributed by atoms with Crippen molar-refractivity contribution in [1.82, 2.24) is 9.36 Å². The lowest BCUT2D eigenvalue weighted by Gasteiger charge is -2.12. The van der Waals surface area contributed by atoms with E-state index < -0.39 is 20.9 Å². The number of nitrogens with zero attached hydrogens (tertiary/aromatic N) is 3. The molecule has 0 aliphatic heterocycles. The molecule has 35 heavy (non-hydrogen) atoms. The number of anilines is 1. The van der Waals surface area contributed by atoms with Gasteiger partial charge in [-0.3, -0.25) is 10.1 Å². The third kappa shape index (κ3) is 7.26. The molecule has 2 aromatic carbocycles. The quantitative estimate of drug-likeness (QED) is 0.246. The number of rotatable bonds is 9. The molecule has 0 radical (unpaired) electrons. The third-order valence-electron chi connectivity index (χ3n) is 4.53. The molecule has 9 nitrogen and oxygen atoms in total. The van der Waals surface area contributed by atoms with Crippen LogP contribution in [0, 0.1) is 25.2 Å². The Balaban J connectivity index is 1.61. The second-order valence-corrected chi connectivity index (χ2v) is 10.5. The van der Waals surface area contributed by atoms with E-state index >= 15 is 0 Å². The van der Waals surface area contributed by atoms with Crippen LogP contribution in [-0.4, -0.2) is 43.2 Å². The number of amides is 1. The van der Waals surface area contributed by atoms with Crippen molar-refractivity contribution in [2.45, 2.75) is 19.0 Å². The fourth-order valence-electron chi connectivity index (χ4n) is 2.78. The average Bonchev–Trinajstić information content (AvgIpc) is 3.27. The molecular weight excluding hydrogens is 512 g/mol. The van der Waals surface area contributed by atoms with Crippen LogP contribution in [-0.2, 0) is 14.6 Å². The van der Waals surface area contributed by atoms with Crippen LogP contribution < -0.4 is 14.8 Å². The van der Waals surface area contributed by atoms with Gasteiger partial charge in [0.25, 0.3) is 11.1 Å². The van der Waals surface area contributed by atoms with Gasteiger partial charge in [0.05, 0.1) is 5.02 Å². The first-order valence-electron chi connectivity index (χ1n) is 10.2. The van der Waals surface area contributed by atoms with E-state index in [1.165, 1.54) is 6.08 Å². The number of halogens is 1. The summed E-state index contributed by atoms with van der Waals surface area (Å²) in [6.45, 7) is 4.55. The molecule has 0 fully saturated rings. The van der Waals surface area contributed by atoms with Gasteiger partial charge in [0.1, 0.15) is 36.4 Å². The maximum Gasteiger partial charge on any atom is 0.268 e. The fourth-order valence-corrected chi connectivity index (χ4v) is 4.46. The lowest BCUT2D eigenvalue weighted by Crippen LogP contribution is -2.13. The Morgan fingerprint density at radius 1 is 1.17 bits per heavy atom. The monoisotopic (exact) mass is 532 g/mol. The van der Waals surface area contributed by atoms with Gasteiger partial charge in [-0.1, -0.05) is 29.8 Å². The topological polar surface area (TPSA) is 131 Å². The van der Waals surface area contributed by atoms with Crippen molar-refractivity contribution in [3.63, 3.8) is 0 Å². The zero-order valence-electron chi connectivity index (χ0n) is 19.0. The third-order valence-corrected chi connectivity index (χ3v) is 6.42. The molecule has 0 unspecified atom stereocenters. The van der Waals surface area contributed by atoms with Crippen LogP contribution in [0.25, 0.3) is 6.08 Å². The number of benzene rings is 2. The molecule has 1 aromatic heterocycles. The molecule has 3 aromatic rings. The molecule has 0 saturated heterocycles. The number of aromatic nitrogens is 2. The number of aryl methyl sites for hydroxylation is 2. The molecule has 0 spiro atoms. The first-order chi connectivity index (χ1) is 16.6. The molecule has 0 saturated carbocycles. The van der Waals surface area contributed by atoms with Crippen LogP contribution in [0.3, 0.4) is 0 Å². The fraction of sp³-hybridized carbons (Fsp3) is 0.217. The van der Waals surface area contributed by atoms with Crippen LogP contribution >= 0.6 is 23.1 Å². The van der Waals surface area contributed by atoms with Gasteiger partial charge >= 0.3 is 0 Å². The largest absolute Gasteiger partial charge is 0.490 e. The first kappa shape index (κ1) is 26.2. The highest BCUT2D eigenvalue weighted by Gasteiger charge is 2.17. The summed E-state index contributed by atoms with van der Waals surface area (Å²) in [7, 11) is -3.60. The van der Waals surface area contributed by atoms with Crippen LogP contribution in [0.4, 0.5) is 5.13 Å². The minimum Gasteiger partial charge on any atom is -0.490 e. The molecule has 0 aliphatic rings. The molecule has 0 aliphatic carbocycles. The second kappa shape index (κ2) is 11.3. The maximum atomic E-state index is 12.4. The van der Waals surface area contributed by atoms with Gasteiger partial charge < -0.3 is 9.47 Å². The Morgan fingerprint density at radius 2 is 1.89 bits per heavy atom. The highest BCUT2D eigenvalue weighted by Crippen LogP contribution is 2.27. The molecule has 1 heterocycles. The summed E-state index contributed by atoms with van der Waals surface area (Å²) in [5.41, 5.74) is 2.40. The first-order valence-corrected chi connectivity index (χ1v) is 13.2. The molecule has 1 amide bonds. The molecular formula is C23H21ClN4O5S2. The van der Waals surface area contributed by atoms with Gasteiger partial charge in [-0.15, -0.1) is 0 Å². The van der Waals surface area contributed by atoms with E-state index in [9.17, 15) is 18.5 Å². The number of hydrogen-bond acceptors (Lipinski definition) is 9. The predicted octanol–water partition coefficient (Wildman–Crippen LogP) is 4.22. The molecule has 12 heteroatoms. The highest BCUT2D eigenvalue weighted by atomic mass is 35.5. The molecule has 0 atom stereocenters. The zero-order chi connectivity index (χ0) is 25.6. The molecule has 3 rings (SSSR count). The van der Waals surface area contributed by atoms with Gasteiger partial charge in [0.2, 0.25) is 15.0 Å². The number of nitriles is 1. The highest BCUT2D eigenvalue weighted by molar-refractivity contribution is 7.90. The Bertz CT molecular complexity index is 1430. The van der Waals surface area contributed by atoms with Crippen molar-refractivity contribution in [3.8, 4) is 17.6 Å². The maximum absolute atomic E-state index is 12.4. The lowest BCUT2D eigenvalue weighted by atomic mass is 10.1. The van der Waals surface area contributed by atoms with E-state index in [2.05, 4.69) is 14.7 Å². The summed E-state index contributed by atoms with van der Waals surface area (Å²) in [6, 6.07) is 12.6. The molecule has 0 bridgehead atoms. The average molecular weight is 533 g/mol. The second-order valence-electron chi connectivity index (χ2n) is 7.43. The van der Waals surface area contributed by atoms with E-state index in [4.69, 9.17) is 21.1 Å². The number of carbonyl (C=O) groups excluding carboxylic acids is 1. The van der Waals surface area contributed by atoms with Gasteiger partial charge in [-0.25, -0.2) is 8.42 Å². The standard InChI is InChI=1S/C23H21ClN4O5S2/c1-14-4-5-15(2)20(10-14)33-9-8-32-19-7-6-16(12-18(19)24)11-17(13-25)21(29)26-22-27-23(28-34-22)35(3,30)31/h4-7,10-12H,8-9H2,1-3H3,(H,26,27,28,29)/b17-11-. The summed E-state index contributed by atoms with van der Waals surface area (Å²) in [4.78, 5) is 16.1. The summed E-state index contributed by atoms with van der Waals surface area (Å²) >= 11 is 7.00. The van der Waals surface area contributed by atoms with E-state index in [0.717, 1.165) is 23.1 Å². The summed E-state index contributed by atoms with van der Waals surface area (Å²) in [5, 5.41) is 11.6. The van der Waals surface area contributed by atoms with Crippen molar-refractivity contribution in [2.75, 3.05) is 24.8 Å². The summed E-state index contributed by atoms with van der Waals surface area (Å²) in [5.74, 6) is 0.464. The number of hydrogen-bond donors (Lipinski definition) is 1. The number of nitrogens with one attached hydrogen (secondary N) is 1. The Morgan fingerprint density at radius 3 is 2.51 bits per heavy atom. The van der Waals surface area contributed by atoms with Crippen LogP contribution in [0.2, 0.25) is 5.02 Å². The van der Waals surface area contributed by atoms with Gasteiger partial charge in [-0.2, -0.15) is 14.6 Å². The predicted molar refractivity (Wildman–Crippen MR) is 134 cm³/mol. The van der Waals surface area contributed by atoms with E-state index in [1.807, 2.05) is 32.0 Å². The van der Waals surface area contributed by atoms with Crippen LogP contribution in [0.15, 0.2) is 47.1 Å².